The van der Waals surface area contributed by atoms with Crippen molar-refractivity contribution in [1.82, 2.24) is 0 Å². The number of hydrogen-bond acceptors (Lipinski definition) is 1. The highest BCUT2D eigenvalue weighted by Gasteiger charge is 2.47. The van der Waals surface area contributed by atoms with Crippen LogP contribution in [0.3, 0.4) is 0 Å². The van der Waals surface area contributed by atoms with Crippen molar-refractivity contribution in [3.05, 3.63) is 65.7 Å². The molecule has 0 saturated carbocycles. The number of fused-ring (bicyclic) bond motifs is 1. The summed E-state index contributed by atoms with van der Waals surface area (Å²) in [5, 5.41) is 0. The minimum atomic E-state index is -0.301. The quantitative estimate of drug-likeness (QED) is 0.729. The fourth-order valence-corrected chi connectivity index (χ4v) is 4.22. The van der Waals surface area contributed by atoms with Gasteiger partial charge in [-0.1, -0.05) is 55.5 Å². The molecule has 0 N–H and O–H groups in total. The van der Waals surface area contributed by atoms with Gasteiger partial charge in [0.05, 0.1) is 0 Å². The van der Waals surface area contributed by atoms with Gasteiger partial charge in [0, 0.05) is 16.6 Å². The van der Waals surface area contributed by atoms with Gasteiger partial charge in [-0.25, -0.2) is 0 Å². The zero-order chi connectivity index (χ0) is 16.7. The molecule has 1 heterocycles. The van der Waals surface area contributed by atoms with Crippen LogP contribution in [0.25, 0.3) is 0 Å². The number of anilines is 1. The summed E-state index contributed by atoms with van der Waals surface area (Å²) in [7, 11) is 0. The molecule has 2 aromatic rings. The highest BCUT2D eigenvalue weighted by molar-refractivity contribution is 6.29. The van der Waals surface area contributed by atoms with Crippen molar-refractivity contribution in [1.29, 1.82) is 0 Å². The Kier molecular flexibility index (Phi) is 3.97. The summed E-state index contributed by atoms with van der Waals surface area (Å²) in [6.45, 7) is 6.51. The summed E-state index contributed by atoms with van der Waals surface area (Å²) >= 11 is 5.88. The summed E-state index contributed by atoms with van der Waals surface area (Å²) in [6, 6.07) is 18.7. The molecule has 0 aliphatic carbocycles. The van der Waals surface area contributed by atoms with Gasteiger partial charge in [0.25, 0.3) is 0 Å². The molecule has 2 nitrogen and oxygen atoms in total. The summed E-state index contributed by atoms with van der Waals surface area (Å²) in [4.78, 5) is 14.4. The molecule has 0 saturated heterocycles. The summed E-state index contributed by atoms with van der Waals surface area (Å²) < 4.78 is 0. The lowest BCUT2D eigenvalue weighted by Crippen LogP contribution is -2.56. The van der Waals surface area contributed by atoms with Crippen LogP contribution >= 0.6 is 11.6 Å². The van der Waals surface area contributed by atoms with E-state index in [-0.39, 0.29) is 22.7 Å². The SMILES string of the molecule is CC1(C)C[C@@](C)(c2ccccc2)c2ccccc2N1C(=O)CCl. The van der Waals surface area contributed by atoms with E-state index >= 15 is 0 Å². The second kappa shape index (κ2) is 5.68. The van der Waals surface area contributed by atoms with Crippen LogP contribution in [0.1, 0.15) is 38.3 Å². The van der Waals surface area contributed by atoms with E-state index in [9.17, 15) is 4.79 Å². The number of amides is 1. The molecule has 1 atom stereocenters. The maximum absolute atomic E-state index is 12.5. The van der Waals surface area contributed by atoms with E-state index in [1.165, 1.54) is 11.1 Å². The second-order valence-corrected chi connectivity index (χ2v) is 7.33. The van der Waals surface area contributed by atoms with Gasteiger partial charge in [-0.15, -0.1) is 11.6 Å². The zero-order valence-corrected chi connectivity index (χ0v) is 14.6. The molecule has 3 rings (SSSR count). The normalized spacial score (nSPS) is 22.5. The maximum Gasteiger partial charge on any atom is 0.242 e. The van der Waals surface area contributed by atoms with Gasteiger partial charge in [0.2, 0.25) is 5.91 Å². The number of carbonyl (C=O) groups excluding carboxylic acids is 1. The van der Waals surface area contributed by atoms with E-state index in [4.69, 9.17) is 11.6 Å². The minimum absolute atomic E-state index is 0.000183. The van der Waals surface area contributed by atoms with Gasteiger partial charge in [0.15, 0.2) is 0 Å². The lowest BCUT2D eigenvalue weighted by atomic mass is 9.65. The van der Waals surface area contributed by atoms with Crippen LogP contribution in [0, 0.1) is 0 Å². The fraction of sp³-hybridized carbons (Fsp3) is 0.350. The lowest BCUT2D eigenvalue weighted by molar-refractivity contribution is -0.117. The number of alkyl halides is 1. The van der Waals surface area contributed by atoms with Crippen LogP contribution in [-0.4, -0.2) is 17.3 Å². The lowest BCUT2D eigenvalue weighted by Gasteiger charge is -2.51. The van der Waals surface area contributed by atoms with Crippen molar-refractivity contribution in [2.24, 2.45) is 0 Å². The predicted octanol–water partition coefficient (Wildman–Crippen LogP) is 4.75. The van der Waals surface area contributed by atoms with Crippen molar-refractivity contribution in [2.75, 3.05) is 10.8 Å². The second-order valence-electron chi connectivity index (χ2n) is 7.07. The van der Waals surface area contributed by atoms with Crippen LogP contribution in [0.2, 0.25) is 0 Å². The maximum atomic E-state index is 12.5. The molecule has 1 aliphatic heterocycles. The Hall–Kier alpha value is -1.80. The van der Waals surface area contributed by atoms with Gasteiger partial charge in [0.1, 0.15) is 5.88 Å². The first-order chi connectivity index (χ1) is 10.9. The molecule has 0 radical (unpaired) electrons. The van der Waals surface area contributed by atoms with E-state index in [0.717, 1.165) is 12.1 Å². The van der Waals surface area contributed by atoms with Crippen LogP contribution in [0.4, 0.5) is 5.69 Å². The van der Waals surface area contributed by atoms with Gasteiger partial charge in [-0.05, 0) is 37.5 Å². The summed E-state index contributed by atoms with van der Waals surface area (Å²) in [6.07, 6.45) is 0.851. The van der Waals surface area contributed by atoms with Crippen LogP contribution < -0.4 is 4.90 Å². The van der Waals surface area contributed by atoms with Crippen molar-refractivity contribution in [2.45, 2.75) is 38.1 Å². The number of para-hydroxylation sites is 1. The van der Waals surface area contributed by atoms with Crippen molar-refractivity contribution in [3.8, 4) is 0 Å². The van der Waals surface area contributed by atoms with Crippen molar-refractivity contribution < 1.29 is 4.79 Å². The molecule has 120 valence electrons. The number of hydrogen-bond donors (Lipinski definition) is 0. The first-order valence-electron chi connectivity index (χ1n) is 7.94. The van der Waals surface area contributed by atoms with E-state index in [2.05, 4.69) is 51.1 Å². The largest absolute Gasteiger partial charge is 0.305 e. The zero-order valence-electron chi connectivity index (χ0n) is 13.8. The van der Waals surface area contributed by atoms with E-state index in [1.807, 2.05) is 29.2 Å². The molecule has 1 aliphatic rings. The molecule has 23 heavy (non-hydrogen) atoms. The highest BCUT2D eigenvalue weighted by atomic mass is 35.5. The molecular weight excluding hydrogens is 306 g/mol. The standard InChI is InChI=1S/C20H22ClNO/c1-19(2)14-20(3,15-9-5-4-6-10-15)16-11-7-8-12-17(16)22(19)18(23)13-21/h4-12H,13-14H2,1-3H3/t20-/m0/s1. The third-order valence-electron chi connectivity index (χ3n) is 4.91. The predicted molar refractivity (Wildman–Crippen MR) is 96.2 cm³/mol. The molecule has 0 unspecified atom stereocenters. The van der Waals surface area contributed by atoms with Gasteiger partial charge >= 0.3 is 0 Å². The Balaban J connectivity index is 2.24. The van der Waals surface area contributed by atoms with Gasteiger partial charge < -0.3 is 4.90 Å². The highest BCUT2D eigenvalue weighted by Crippen LogP contribution is 2.50. The van der Waals surface area contributed by atoms with Crippen molar-refractivity contribution >= 4 is 23.2 Å². The van der Waals surface area contributed by atoms with Gasteiger partial charge in [-0.2, -0.15) is 0 Å². The Bertz CT molecular complexity index is 725. The molecule has 3 heteroatoms. The fourth-order valence-electron chi connectivity index (χ4n) is 4.10. The average molecular weight is 328 g/mol. The average Bonchev–Trinajstić information content (AvgIpc) is 2.54. The smallest absolute Gasteiger partial charge is 0.242 e. The Morgan fingerprint density at radius 1 is 1.04 bits per heavy atom. The van der Waals surface area contributed by atoms with E-state index in [1.54, 1.807) is 0 Å². The topological polar surface area (TPSA) is 20.3 Å². The van der Waals surface area contributed by atoms with E-state index in [0.29, 0.717) is 0 Å². The first kappa shape index (κ1) is 16.1. The van der Waals surface area contributed by atoms with Gasteiger partial charge in [-0.3, -0.25) is 4.79 Å². The van der Waals surface area contributed by atoms with Crippen LogP contribution in [0.5, 0.6) is 0 Å². The third-order valence-corrected chi connectivity index (χ3v) is 5.13. The Morgan fingerprint density at radius 2 is 1.65 bits per heavy atom. The third kappa shape index (κ3) is 2.55. The Labute approximate surface area is 143 Å². The van der Waals surface area contributed by atoms with Crippen molar-refractivity contribution in [3.63, 3.8) is 0 Å². The van der Waals surface area contributed by atoms with Crippen LogP contribution in [0.15, 0.2) is 54.6 Å². The van der Waals surface area contributed by atoms with Crippen LogP contribution in [-0.2, 0) is 10.2 Å². The molecule has 0 spiro atoms. The molecule has 0 bridgehead atoms. The monoisotopic (exact) mass is 327 g/mol. The summed E-state index contributed by atoms with van der Waals surface area (Å²) in [5.41, 5.74) is 3.00. The number of rotatable bonds is 2. The number of carbonyl (C=O) groups is 1. The molecule has 0 aromatic heterocycles. The number of halogens is 1. The molecule has 2 aromatic carbocycles. The first-order valence-corrected chi connectivity index (χ1v) is 8.48. The summed E-state index contributed by atoms with van der Waals surface area (Å²) in [5.74, 6) is -0.0426. The van der Waals surface area contributed by atoms with E-state index < -0.39 is 0 Å². The Morgan fingerprint density at radius 3 is 2.30 bits per heavy atom. The molecule has 1 amide bonds. The molecule has 0 fully saturated rings. The minimum Gasteiger partial charge on any atom is -0.305 e. The molecular formula is C20H22ClNO. The number of nitrogens with zero attached hydrogens (tertiary/aromatic N) is 1. The number of benzene rings is 2.